The van der Waals surface area contributed by atoms with E-state index in [-0.39, 0.29) is 5.54 Å². The molecule has 3 rings (SSSR count). The van der Waals surface area contributed by atoms with Crippen molar-refractivity contribution < 1.29 is 4.74 Å². The molecule has 134 valence electrons. The number of likely N-dealkylation sites (tertiary alicyclic amines) is 2. The van der Waals surface area contributed by atoms with Crippen LogP contribution in [0.5, 0.6) is 0 Å². The largest absolute Gasteiger partial charge is 0.384 e. The van der Waals surface area contributed by atoms with Crippen molar-refractivity contribution in [3.05, 3.63) is 35.9 Å². The van der Waals surface area contributed by atoms with Crippen molar-refractivity contribution >= 4 is 0 Å². The summed E-state index contributed by atoms with van der Waals surface area (Å²) in [6.07, 6.45) is 3.66. The lowest BCUT2D eigenvalue weighted by Crippen LogP contribution is -2.58. The maximum Gasteiger partial charge on any atom is 0.0491 e. The Bertz CT molecular complexity index is 501. The fourth-order valence-corrected chi connectivity index (χ4v) is 4.62. The standard InChI is InChI=1S/C20H33N3O/c1-17-12-20(15-21,23-10-8-19(9-11-23)14-24-2)16-22(17)13-18-6-4-3-5-7-18/h3-7,17,19H,8-16,21H2,1-2H3. The molecule has 0 aromatic heterocycles. The molecule has 0 saturated carbocycles. The van der Waals surface area contributed by atoms with E-state index in [1.807, 2.05) is 7.11 Å². The highest BCUT2D eigenvalue weighted by Crippen LogP contribution is 2.35. The molecule has 0 bridgehead atoms. The SMILES string of the molecule is COCC1CCN(C2(CN)CC(C)N(Cc3ccccc3)C2)CC1. The van der Waals surface area contributed by atoms with Gasteiger partial charge in [-0.3, -0.25) is 9.80 Å². The quantitative estimate of drug-likeness (QED) is 0.869. The fraction of sp³-hybridized carbons (Fsp3) is 0.700. The first-order valence-corrected chi connectivity index (χ1v) is 9.39. The lowest BCUT2D eigenvalue weighted by atomic mass is 9.88. The molecule has 1 aromatic rings. The van der Waals surface area contributed by atoms with Crippen molar-refractivity contribution in [2.24, 2.45) is 11.7 Å². The summed E-state index contributed by atoms with van der Waals surface area (Å²) in [4.78, 5) is 5.30. The van der Waals surface area contributed by atoms with E-state index in [0.717, 1.165) is 45.2 Å². The van der Waals surface area contributed by atoms with Gasteiger partial charge < -0.3 is 10.5 Å². The van der Waals surface area contributed by atoms with E-state index in [2.05, 4.69) is 47.1 Å². The van der Waals surface area contributed by atoms with Crippen LogP contribution in [-0.4, -0.2) is 61.3 Å². The predicted octanol–water partition coefficient (Wildman–Crippen LogP) is 2.34. The second-order valence-electron chi connectivity index (χ2n) is 7.76. The predicted molar refractivity (Wildman–Crippen MR) is 98.9 cm³/mol. The van der Waals surface area contributed by atoms with E-state index in [4.69, 9.17) is 10.5 Å². The Balaban J connectivity index is 1.63. The molecule has 2 heterocycles. The van der Waals surface area contributed by atoms with Crippen LogP contribution >= 0.6 is 0 Å². The monoisotopic (exact) mass is 331 g/mol. The average Bonchev–Trinajstić information content (AvgIpc) is 2.94. The van der Waals surface area contributed by atoms with Crippen LogP contribution in [0, 0.1) is 5.92 Å². The molecule has 0 radical (unpaired) electrons. The number of rotatable bonds is 6. The number of benzene rings is 1. The van der Waals surface area contributed by atoms with E-state index in [9.17, 15) is 0 Å². The maximum atomic E-state index is 6.32. The van der Waals surface area contributed by atoms with Gasteiger partial charge in [0.05, 0.1) is 0 Å². The van der Waals surface area contributed by atoms with Gasteiger partial charge in [-0.15, -0.1) is 0 Å². The van der Waals surface area contributed by atoms with E-state index in [1.54, 1.807) is 0 Å². The molecule has 2 unspecified atom stereocenters. The first-order chi connectivity index (χ1) is 11.7. The Hall–Kier alpha value is -0.940. The third-order valence-corrected chi connectivity index (χ3v) is 6.09. The molecule has 2 N–H and O–H groups in total. The van der Waals surface area contributed by atoms with Gasteiger partial charge in [0.2, 0.25) is 0 Å². The van der Waals surface area contributed by atoms with Gasteiger partial charge in [-0.25, -0.2) is 0 Å². The lowest BCUT2D eigenvalue weighted by molar-refractivity contribution is 0.0372. The molecule has 4 heteroatoms. The summed E-state index contributed by atoms with van der Waals surface area (Å²) < 4.78 is 5.34. The topological polar surface area (TPSA) is 41.7 Å². The molecule has 2 aliphatic heterocycles. The van der Waals surface area contributed by atoms with Crippen LogP contribution in [0.3, 0.4) is 0 Å². The molecule has 2 fully saturated rings. The Kier molecular flexibility index (Phi) is 5.93. The van der Waals surface area contributed by atoms with Crippen LogP contribution in [0.1, 0.15) is 31.7 Å². The van der Waals surface area contributed by atoms with E-state index < -0.39 is 0 Å². The molecular weight excluding hydrogens is 298 g/mol. The van der Waals surface area contributed by atoms with Crippen molar-refractivity contribution in [3.8, 4) is 0 Å². The summed E-state index contributed by atoms with van der Waals surface area (Å²) in [6, 6.07) is 11.4. The number of hydrogen-bond donors (Lipinski definition) is 1. The second-order valence-corrected chi connectivity index (χ2v) is 7.76. The van der Waals surface area contributed by atoms with E-state index in [0.29, 0.717) is 6.04 Å². The number of methoxy groups -OCH3 is 1. The van der Waals surface area contributed by atoms with Crippen molar-refractivity contribution in [2.45, 2.75) is 44.3 Å². The molecule has 0 spiro atoms. The second kappa shape index (κ2) is 7.96. The van der Waals surface area contributed by atoms with E-state index >= 15 is 0 Å². The zero-order valence-corrected chi connectivity index (χ0v) is 15.3. The summed E-state index contributed by atoms with van der Waals surface area (Å²) in [7, 11) is 1.81. The summed E-state index contributed by atoms with van der Waals surface area (Å²) >= 11 is 0. The Labute approximate surface area is 147 Å². The highest BCUT2D eigenvalue weighted by molar-refractivity contribution is 5.16. The van der Waals surface area contributed by atoms with Crippen LogP contribution in [0.25, 0.3) is 0 Å². The molecule has 0 aliphatic carbocycles. The van der Waals surface area contributed by atoms with Crippen LogP contribution < -0.4 is 5.73 Å². The lowest BCUT2D eigenvalue weighted by Gasteiger charge is -2.44. The van der Waals surface area contributed by atoms with Gasteiger partial charge in [0, 0.05) is 44.9 Å². The first-order valence-electron chi connectivity index (χ1n) is 9.39. The van der Waals surface area contributed by atoms with E-state index in [1.165, 1.54) is 24.8 Å². The van der Waals surface area contributed by atoms with Crippen LogP contribution in [0.15, 0.2) is 30.3 Å². The molecular formula is C20H33N3O. The third kappa shape index (κ3) is 3.83. The van der Waals surface area contributed by atoms with Gasteiger partial charge in [-0.05, 0) is 50.8 Å². The van der Waals surface area contributed by atoms with Crippen molar-refractivity contribution in [3.63, 3.8) is 0 Å². The molecule has 0 amide bonds. The molecule has 4 nitrogen and oxygen atoms in total. The normalized spacial score (nSPS) is 30.0. The summed E-state index contributed by atoms with van der Waals surface area (Å²) in [6.45, 7) is 8.47. The minimum Gasteiger partial charge on any atom is -0.384 e. The van der Waals surface area contributed by atoms with Crippen molar-refractivity contribution in [1.82, 2.24) is 9.80 Å². The summed E-state index contributed by atoms with van der Waals surface area (Å²) in [5.41, 5.74) is 7.88. The van der Waals surface area contributed by atoms with Gasteiger partial charge in [-0.2, -0.15) is 0 Å². The number of hydrogen-bond acceptors (Lipinski definition) is 4. The summed E-state index contributed by atoms with van der Waals surface area (Å²) in [5, 5.41) is 0. The minimum absolute atomic E-state index is 0.159. The van der Waals surface area contributed by atoms with Crippen LogP contribution in [-0.2, 0) is 11.3 Å². The Morgan fingerprint density at radius 2 is 1.92 bits per heavy atom. The first kappa shape index (κ1) is 17.9. The Morgan fingerprint density at radius 3 is 2.54 bits per heavy atom. The average molecular weight is 332 g/mol. The number of piperidine rings is 1. The number of nitrogens with zero attached hydrogens (tertiary/aromatic N) is 2. The van der Waals surface area contributed by atoms with Gasteiger partial charge in [0.1, 0.15) is 0 Å². The molecule has 2 atom stereocenters. The molecule has 2 saturated heterocycles. The third-order valence-electron chi connectivity index (χ3n) is 6.09. The molecule has 24 heavy (non-hydrogen) atoms. The number of ether oxygens (including phenoxy) is 1. The maximum absolute atomic E-state index is 6.32. The Morgan fingerprint density at radius 1 is 1.21 bits per heavy atom. The molecule has 2 aliphatic rings. The zero-order valence-electron chi connectivity index (χ0n) is 15.3. The van der Waals surface area contributed by atoms with Gasteiger partial charge in [-0.1, -0.05) is 30.3 Å². The zero-order chi connectivity index (χ0) is 17.0. The molecule has 1 aromatic carbocycles. The van der Waals surface area contributed by atoms with Crippen molar-refractivity contribution in [1.29, 1.82) is 0 Å². The van der Waals surface area contributed by atoms with Crippen LogP contribution in [0.4, 0.5) is 0 Å². The van der Waals surface area contributed by atoms with Crippen LogP contribution in [0.2, 0.25) is 0 Å². The summed E-state index contributed by atoms with van der Waals surface area (Å²) in [5.74, 6) is 0.723. The highest BCUT2D eigenvalue weighted by atomic mass is 16.5. The highest BCUT2D eigenvalue weighted by Gasteiger charge is 2.46. The number of nitrogens with two attached hydrogens (primary N) is 1. The van der Waals surface area contributed by atoms with Crippen molar-refractivity contribution in [2.75, 3.05) is 39.9 Å². The minimum atomic E-state index is 0.159. The smallest absolute Gasteiger partial charge is 0.0491 e. The van der Waals surface area contributed by atoms with Gasteiger partial charge >= 0.3 is 0 Å². The van der Waals surface area contributed by atoms with Gasteiger partial charge in [0.25, 0.3) is 0 Å². The van der Waals surface area contributed by atoms with Gasteiger partial charge in [0.15, 0.2) is 0 Å². The fourth-order valence-electron chi connectivity index (χ4n) is 4.62.